The number of benzene rings is 1. The van der Waals surface area contributed by atoms with Crippen molar-refractivity contribution in [3.8, 4) is 5.75 Å². The van der Waals surface area contributed by atoms with Crippen LogP contribution >= 0.6 is 0 Å². The predicted molar refractivity (Wildman–Crippen MR) is 57.5 cm³/mol. The number of carbonyl (C=O) groups excluding carboxylic acids is 1. The minimum atomic E-state index is -1.08. The van der Waals surface area contributed by atoms with Crippen molar-refractivity contribution < 1.29 is 19.4 Å². The van der Waals surface area contributed by atoms with Gasteiger partial charge in [0.25, 0.3) is 0 Å². The third-order valence-electron chi connectivity index (χ3n) is 1.97. The third kappa shape index (κ3) is 3.27. The summed E-state index contributed by atoms with van der Waals surface area (Å²) in [4.78, 5) is 22.8. The first kappa shape index (κ1) is 12.0. The summed E-state index contributed by atoms with van der Waals surface area (Å²) in [7, 11) is 1.37. The average Bonchev–Trinajstić information content (AvgIpc) is 2.20. The number of carboxylic acids is 1. The van der Waals surface area contributed by atoms with Crippen LogP contribution in [0.2, 0.25) is 0 Å². The topological polar surface area (TPSA) is 66.8 Å². The molecule has 1 aromatic rings. The van der Waals surface area contributed by atoms with Gasteiger partial charge in [-0.05, 0) is 18.6 Å². The molecule has 5 heteroatoms. The summed E-state index contributed by atoms with van der Waals surface area (Å²) < 4.78 is 5.03. The lowest BCUT2D eigenvalue weighted by atomic mass is 10.2. The summed E-state index contributed by atoms with van der Waals surface area (Å²) in [6, 6.07) is 7.03. The number of carboxylic acid groups (broad SMARTS) is 1. The molecule has 0 aliphatic rings. The highest BCUT2D eigenvalue weighted by Crippen LogP contribution is 2.16. The molecule has 0 radical (unpaired) electrons. The molecule has 0 heterocycles. The van der Waals surface area contributed by atoms with E-state index in [1.54, 1.807) is 25.1 Å². The maximum atomic E-state index is 11.4. The van der Waals surface area contributed by atoms with E-state index in [0.717, 1.165) is 10.5 Å². The Hall–Kier alpha value is -2.04. The van der Waals surface area contributed by atoms with Crippen LogP contribution in [0.1, 0.15) is 5.56 Å². The Morgan fingerprint density at radius 3 is 2.56 bits per heavy atom. The second kappa shape index (κ2) is 5.16. The number of rotatable bonds is 3. The summed E-state index contributed by atoms with van der Waals surface area (Å²) in [6.45, 7) is 1.42. The van der Waals surface area contributed by atoms with Crippen LogP contribution in [0.5, 0.6) is 5.75 Å². The van der Waals surface area contributed by atoms with Crippen molar-refractivity contribution >= 4 is 12.1 Å². The van der Waals surface area contributed by atoms with Gasteiger partial charge in [-0.3, -0.25) is 9.69 Å². The molecule has 0 aliphatic carbocycles. The Morgan fingerprint density at radius 1 is 1.38 bits per heavy atom. The number of nitrogens with zero attached hydrogens (tertiary/aromatic N) is 1. The van der Waals surface area contributed by atoms with E-state index in [4.69, 9.17) is 9.84 Å². The van der Waals surface area contributed by atoms with E-state index in [0.29, 0.717) is 5.75 Å². The largest absolute Gasteiger partial charge is 0.480 e. The standard InChI is InChI=1S/C11H13NO4/c1-8-5-3-4-6-9(8)16-11(15)12(2)7-10(13)14/h3-6H,7H2,1-2H3,(H,13,14). The maximum absolute atomic E-state index is 11.4. The maximum Gasteiger partial charge on any atom is 0.415 e. The molecule has 0 unspecified atom stereocenters. The molecule has 5 nitrogen and oxygen atoms in total. The summed E-state index contributed by atoms with van der Waals surface area (Å²) >= 11 is 0. The van der Waals surface area contributed by atoms with Crippen LogP contribution in [0.3, 0.4) is 0 Å². The van der Waals surface area contributed by atoms with Crippen molar-refractivity contribution in [2.75, 3.05) is 13.6 Å². The van der Waals surface area contributed by atoms with Gasteiger partial charge < -0.3 is 9.84 Å². The Balaban J connectivity index is 2.64. The zero-order valence-electron chi connectivity index (χ0n) is 9.14. The predicted octanol–water partition coefficient (Wildman–Crippen LogP) is 1.51. The van der Waals surface area contributed by atoms with Crippen LogP contribution in [0.15, 0.2) is 24.3 Å². The number of ether oxygens (including phenoxy) is 1. The molecule has 1 rings (SSSR count). The van der Waals surface area contributed by atoms with Gasteiger partial charge in [0.05, 0.1) is 0 Å². The van der Waals surface area contributed by atoms with Crippen molar-refractivity contribution in [2.45, 2.75) is 6.92 Å². The van der Waals surface area contributed by atoms with E-state index < -0.39 is 12.1 Å². The SMILES string of the molecule is Cc1ccccc1OC(=O)N(C)CC(=O)O. The molecule has 0 atom stereocenters. The summed E-state index contributed by atoms with van der Waals surface area (Å²) in [5.74, 6) is -0.644. The van der Waals surface area contributed by atoms with Gasteiger partial charge >= 0.3 is 12.1 Å². The quantitative estimate of drug-likeness (QED) is 0.843. The van der Waals surface area contributed by atoms with Gasteiger partial charge in [0, 0.05) is 7.05 Å². The highest BCUT2D eigenvalue weighted by atomic mass is 16.6. The Bertz CT molecular complexity index is 403. The molecule has 0 saturated carbocycles. The summed E-state index contributed by atoms with van der Waals surface area (Å²) in [5.41, 5.74) is 0.819. The Labute approximate surface area is 93.2 Å². The lowest BCUT2D eigenvalue weighted by molar-refractivity contribution is -0.137. The smallest absolute Gasteiger partial charge is 0.415 e. The number of amides is 1. The number of hydrogen-bond donors (Lipinski definition) is 1. The molecule has 0 fully saturated rings. The molecule has 0 bridgehead atoms. The number of carbonyl (C=O) groups is 2. The molecule has 1 aromatic carbocycles. The molecule has 1 N–H and O–H groups in total. The van der Waals surface area contributed by atoms with Gasteiger partial charge in [-0.2, -0.15) is 0 Å². The molecule has 0 saturated heterocycles. The third-order valence-corrected chi connectivity index (χ3v) is 1.97. The monoisotopic (exact) mass is 223 g/mol. The van der Waals surface area contributed by atoms with E-state index >= 15 is 0 Å². The number of hydrogen-bond acceptors (Lipinski definition) is 3. The van der Waals surface area contributed by atoms with Crippen LogP contribution in [-0.4, -0.2) is 35.7 Å². The van der Waals surface area contributed by atoms with Gasteiger partial charge in [-0.25, -0.2) is 4.79 Å². The minimum absolute atomic E-state index is 0.384. The van der Waals surface area contributed by atoms with Gasteiger partial charge in [0.15, 0.2) is 0 Å². The molecular formula is C11H13NO4. The van der Waals surface area contributed by atoms with Gasteiger partial charge in [0.1, 0.15) is 12.3 Å². The summed E-state index contributed by atoms with van der Waals surface area (Å²) in [6.07, 6.45) is -0.684. The van der Waals surface area contributed by atoms with Gasteiger partial charge in [-0.1, -0.05) is 18.2 Å². The number of para-hydroxylation sites is 1. The van der Waals surface area contributed by atoms with Crippen molar-refractivity contribution in [2.24, 2.45) is 0 Å². The van der Waals surface area contributed by atoms with E-state index in [-0.39, 0.29) is 6.54 Å². The summed E-state index contributed by atoms with van der Waals surface area (Å²) in [5, 5.41) is 8.50. The minimum Gasteiger partial charge on any atom is -0.480 e. The van der Waals surface area contributed by atoms with E-state index in [9.17, 15) is 9.59 Å². The van der Waals surface area contributed by atoms with Crippen molar-refractivity contribution in [1.82, 2.24) is 4.90 Å². The van der Waals surface area contributed by atoms with E-state index in [1.165, 1.54) is 7.05 Å². The van der Waals surface area contributed by atoms with E-state index in [1.807, 2.05) is 6.07 Å². The second-order valence-corrected chi connectivity index (χ2v) is 3.38. The highest BCUT2D eigenvalue weighted by Gasteiger charge is 2.14. The molecule has 86 valence electrons. The fourth-order valence-electron chi connectivity index (χ4n) is 1.11. The van der Waals surface area contributed by atoms with Crippen LogP contribution in [0, 0.1) is 6.92 Å². The Kier molecular flexibility index (Phi) is 3.88. The lowest BCUT2D eigenvalue weighted by Gasteiger charge is -2.15. The van der Waals surface area contributed by atoms with Gasteiger partial charge in [0.2, 0.25) is 0 Å². The highest BCUT2D eigenvalue weighted by molar-refractivity contribution is 5.77. The van der Waals surface area contributed by atoms with Crippen LogP contribution < -0.4 is 4.74 Å². The van der Waals surface area contributed by atoms with Gasteiger partial charge in [-0.15, -0.1) is 0 Å². The average molecular weight is 223 g/mol. The molecule has 0 aliphatic heterocycles. The van der Waals surface area contributed by atoms with E-state index in [2.05, 4.69) is 0 Å². The van der Waals surface area contributed by atoms with Crippen LogP contribution in [0.25, 0.3) is 0 Å². The first-order valence-corrected chi connectivity index (χ1v) is 4.71. The van der Waals surface area contributed by atoms with Crippen molar-refractivity contribution in [1.29, 1.82) is 0 Å². The molecular weight excluding hydrogens is 210 g/mol. The zero-order chi connectivity index (χ0) is 12.1. The second-order valence-electron chi connectivity index (χ2n) is 3.38. The normalized spacial score (nSPS) is 9.62. The number of aliphatic carboxylic acids is 1. The molecule has 1 amide bonds. The molecule has 16 heavy (non-hydrogen) atoms. The molecule has 0 spiro atoms. The van der Waals surface area contributed by atoms with Crippen LogP contribution in [0.4, 0.5) is 4.79 Å². The molecule has 0 aromatic heterocycles. The fraction of sp³-hybridized carbons (Fsp3) is 0.273. The van der Waals surface area contributed by atoms with Crippen LogP contribution in [-0.2, 0) is 4.79 Å². The Morgan fingerprint density at radius 2 is 2.00 bits per heavy atom. The lowest BCUT2D eigenvalue weighted by Crippen LogP contribution is -2.34. The zero-order valence-corrected chi connectivity index (χ0v) is 9.14. The number of aryl methyl sites for hydroxylation is 1. The van der Waals surface area contributed by atoms with Crippen molar-refractivity contribution in [3.05, 3.63) is 29.8 Å². The first-order chi connectivity index (χ1) is 7.50. The number of likely N-dealkylation sites (N-methyl/N-ethyl adjacent to an activating group) is 1. The first-order valence-electron chi connectivity index (χ1n) is 4.71. The van der Waals surface area contributed by atoms with Crippen molar-refractivity contribution in [3.63, 3.8) is 0 Å². The fourth-order valence-corrected chi connectivity index (χ4v) is 1.11.